The number of rotatable bonds is 6. The highest BCUT2D eigenvalue weighted by molar-refractivity contribution is 5.32. The van der Waals surface area contributed by atoms with E-state index in [9.17, 15) is 0 Å². The summed E-state index contributed by atoms with van der Waals surface area (Å²) in [4.78, 5) is 0. The van der Waals surface area contributed by atoms with Crippen molar-refractivity contribution in [2.24, 2.45) is 5.92 Å². The Labute approximate surface area is 130 Å². The summed E-state index contributed by atoms with van der Waals surface area (Å²) < 4.78 is 6.00. The topological polar surface area (TPSA) is 21.3 Å². The van der Waals surface area contributed by atoms with Crippen molar-refractivity contribution in [2.45, 2.75) is 64.8 Å². The fourth-order valence-corrected chi connectivity index (χ4v) is 3.29. The van der Waals surface area contributed by atoms with Crippen LogP contribution in [-0.2, 0) is 5.41 Å². The van der Waals surface area contributed by atoms with E-state index < -0.39 is 0 Å². The molecule has 1 fully saturated rings. The monoisotopic (exact) mass is 289 g/mol. The molecule has 1 aliphatic rings. The van der Waals surface area contributed by atoms with Gasteiger partial charge in [-0.1, -0.05) is 46.2 Å². The summed E-state index contributed by atoms with van der Waals surface area (Å²) in [5.74, 6) is 1.80. The summed E-state index contributed by atoms with van der Waals surface area (Å²) in [7, 11) is 0. The molecule has 0 saturated heterocycles. The van der Waals surface area contributed by atoms with Gasteiger partial charge in [-0.2, -0.15) is 0 Å². The third-order valence-corrected chi connectivity index (χ3v) is 4.58. The fraction of sp³-hybridized carbons (Fsp3) is 0.684. The van der Waals surface area contributed by atoms with Crippen LogP contribution in [0.3, 0.4) is 0 Å². The van der Waals surface area contributed by atoms with Gasteiger partial charge in [-0.05, 0) is 54.8 Å². The summed E-state index contributed by atoms with van der Waals surface area (Å²) in [6, 6.07) is 9.26. The predicted molar refractivity (Wildman–Crippen MR) is 90.1 cm³/mol. The lowest BCUT2D eigenvalue weighted by atomic mass is 9.87. The SMILES string of the molecule is CCNC1CCCC1CCOc1cccc(C(C)(C)C)c1. The molecule has 1 aromatic rings. The van der Waals surface area contributed by atoms with Gasteiger partial charge in [0.2, 0.25) is 0 Å². The molecule has 21 heavy (non-hydrogen) atoms. The highest BCUT2D eigenvalue weighted by atomic mass is 16.5. The standard InChI is InChI=1S/C19H31NO/c1-5-20-18-11-6-8-15(18)12-13-21-17-10-7-9-16(14-17)19(2,3)4/h7,9-10,14-15,18,20H,5-6,8,11-13H2,1-4H3. The Morgan fingerprint density at radius 2 is 2.05 bits per heavy atom. The summed E-state index contributed by atoms with van der Waals surface area (Å²) in [5.41, 5.74) is 1.52. The molecule has 2 rings (SSSR count). The second-order valence-electron chi connectivity index (χ2n) is 7.27. The molecule has 0 aromatic heterocycles. The van der Waals surface area contributed by atoms with Crippen LogP contribution in [0.4, 0.5) is 0 Å². The molecule has 0 heterocycles. The summed E-state index contributed by atoms with van der Waals surface area (Å²) in [6.07, 6.45) is 5.21. The van der Waals surface area contributed by atoms with Gasteiger partial charge in [-0.25, -0.2) is 0 Å². The molecule has 2 heteroatoms. The van der Waals surface area contributed by atoms with Crippen molar-refractivity contribution in [2.75, 3.05) is 13.2 Å². The minimum atomic E-state index is 0.182. The van der Waals surface area contributed by atoms with Gasteiger partial charge in [0.25, 0.3) is 0 Å². The number of hydrogen-bond donors (Lipinski definition) is 1. The number of nitrogens with one attached hydrogen (secondary N) is 1. The lowest BCUT2D eigenvalue weighted by Crippen LogP contribution is -2.32. The van der Waals surface area contributed by atoms with E-state index in [-0.39, 0.29) is 5.41 Å². The molecular weight excluding hydrogens is 258 g/mol. The predicted octanol–water partition coefficient (Wildman–Crippen LogP) is 4.53. The quantitative estimate of drug-likeness (QED) is 0.830. The van der Waals surface area contributed by atoms with Crippen LogP contribution >= 0.6 is 0 Å². The molecule has 1 N–H and O–H groups in total. The molecule has 2 nitrogen and oxygen atoms in total. The van der Waals surface area contributed by atoms with Gasteiger partial charge in [0.15, 0.2) is 0 Å². The van der Waals surface area contributed by atoms with Crippen LogP contribution in [-0.4, -0.2) is 19.2 Å². The third kappa shape index (κ3) is 4.74. The first-order valence-corrected chi connectivity index (χ1v) is 8.47. The number of benzene rings is 1. The molecule has 1 aliphatic carbocycles. The molecule has 0 bridgehead atoms. The number of hydrogen-bond acceptors (Lipinski definition) is 2. The van der Waals surface area contributed by atoms with Crippen molar-refractivity contribution in [1.82, 2.24) is 5.32 Å². The maximum absolute atomic E-state index is 6.00. The van der Waals surface area contributed by atoms with Crippen LogP contribution in [0.5, 0.6) is 5.75 Å². The molecule has 2 atom stereocenters. The lowest BCUT2D eigenvalue weighted by molar-refractivity contribution is 0.260. The highest BCUT2D eigenvalue weighted by Gasteiger charge is 2.26. The second-order valence-corrected chi connectivity index (χ2v) is 7.27. The van der Waals surface area contributed by atoms with Crippen molar-refractivity contribution in [1.29, 1.82) is 0 Å². The maximum Gasteiger partial charge on any atom is 0.119 e. The summed E-state index contributed by atoms with van der Waals surface area (Å²) in [5, 5.41) is 3.62. The van der Waals surface area contributed by atoms with Crippen molar-refractivity contribution >= 4 is 0 Å². The Bertz CT molecular complexity index is 435. The Morgan fingerprint density at radius 3 is 2.76 bits per heavy atom. The smallest absolute Gasteiger partial charge is 0.119 e. The fourth-order valence-electron chi connectivity index (χ4n) is 3.29. The zero-order chi connectivity index (χ0) is 15.3. The molecule has 1 saturated carbocycles. The van der Waals surface area contributed by atoms with E-state index in [0.717, 1.165) is 31.2 Å². The van der Waals surface area contributed by atoms with Gasteiger partial charge in [0.05, 0.1) is 6.61 Å². The molecule has 118 valence electrons. The zero-order valence-corrected chi connectivity index (χ0v) is 14.1. The van der Waals surface area contributed by atoms with Crippen LogP contribution in [0.25, 0.3) is 0 Å². The van der Waals surface area contributed by atoms with Gasteiger partial charge in [0, 0.05) is 6.04 Å². The van der Waals surface area contributed by atoms with Crippen molar-refractivity contribution in [3.63, 3.8) is 0 Å². The molecule has 2 unspecified atom stereocenters. The lowest BCUT2D eigenvalue weighted by Gasteiger charge is -2.21. The zero-order valence-electron chi connectivity index (χ0n) is 14.1. The van der Waals surface area contributed by atoms with E-state index >= 15 is 0 Å². The van der Waals surface area contributed by atoms with E-state index in [1.807, 2.05) is 0 Å². The first-order valence-electron chi connectivity index (χ1n) is 8.47. The minimum absolute atomic E-state index is 0.182. The Kier molecular flexibility index (Phi) is 5.69. The van der Waals surface area contributed by atoms with Crippen LogP contribution in [0, 0.1) is 5.92 Å². The van der Waals surface area contributed by atoms with Gasteiger partial charge in [0.1, 0.15) is 5.75 Å². The average Bonchev–Trinajstić information content (AvgIpc) is 2.86. The van der Waals surface area contributed by atoms with Crippen molar-refractivity contribution < 1.29 is 4.74 Å². The molecular formula is C19H31NO. The van der Waals surface area contributed by atoms with E-state index in [4.69, 9.17) is 4.74 Å². The van der Waals surface area contributed by atoms with Crippen LogP contribution in [0.2, 0.25) is 0 Å². The van der Waals surface area contributed by atoms with E-state index in [0.29, 0.717) is 6.04 Å². The normalized spacial score (nSPS) is 22.5. The summed E-state index contributed by atoms with van der Waals surface area (Å²) >= 11 is 0. The van der Waals surface area contributed by atoms with E-state index in [1.54, 1.807) is 0 Å². The second kappa shape index (κ2) is 7.31. The molecule has 0 amide bonds. The first-order chi connectivity index (χ1) is 10.0. The Balaban J connectivity index is 1.83. The van der Waals surface area contributed by atoms with E-state index in [1.165, 1.54) is 24.8 Å². The maximum atomic E-state index is 6.00. The minimum Gasteiger partial charge on any atom is -0.494 e. The van der Waals surface area contributed by atoms with Crippen LogP contribution in [0.15, 0.2) is 24.3 Å². The van der Waals surface area contributed by atoms with Gasteiger partial charge < -0.3 is 10.1 Å². The van der Waals surface area contributed by atoms with Gasteiger partial charge in [-0.3, -0.25) is 0 Å². The first kappa shape index (κ1) is 16.4. The Morgan fingerprint density at radius 1 is 1.24 bits per heavy atom. The highest BCUT2D eigenvalue weighted by Crippen LogP contribution is 2.29. The molecule has 1 aromatic carbocycles. The molecule has 0 spiro atoms. The van der Waals surface area contributed by atoms with E-state index in [2.05, 4.69) is 57.3 Å². The van der Waals surface area contributed by atoms with Crippen LogP contribution in [0.1, 0.15) is 58.9 Å². The molecule has 0 radical (unpaired) electrons. The summed E-state index contributed by atoms with van der Waals surface area (Å²) in [6.45, 7) is 10.8. The van der Waals surface area contributed by atoms with Gasteiger partial charge >= 0.3 is 0 Å². The van der Waals surface area contributed by atoms with Crippen LogP contribution < -0.4 is 10.1 Å². The Hall–Kier alpha value is -1.02. The third-order valence-electron chi connectivity index (χ3n) is 4.58. The van der Waals surface area contributed by atoms with Gasteiger partial charge in [-0.15, -0.1) is 0 Å². The van der Waals surface area contributed by atoms with Crippen molar-refractivity contribution in [3.05, 3.63) is 29.8 Å². The van der Waals surface area contributed by atoms with Crippen molar-refractivity contribution in [3.8, 4) is 5.75 Å². The number of ether oxygens (including phenoxy) is 1. The largest absolute Gasteiger partial charge is 0.494 e. The average molecular weight is 289 g/mol. The molecule has 0 aliphatic heterocycles.